The fourth-order valence-electron chi connectivity index (χ4n) is 5.70. The Bertz CT molecular complexity index is 2700. The Hall–Kier alpha value is -7.24. The molecule has 2 saturated carbocycles. The van der Waals surface area contributed by atoms with E-state index in [1.807, 2.05) is 0 Å². The molecule has 0 saturated heterocycles. The average molecular weight is 872 g/mol. The van der Waals surface area contributed by atoms with Gasteiger partial charge >= 0.3 is 12.1 Å². The van der Waals surface area contributed by atoms with Gasteiger partial charge in [0.25, 0.3) is 11.8 Å². The molecule has 0 bridgehead atoms. The Balaban J connectivity index is 0.000000169. The highest BCUT2D eigenvalue weighted by Crippen LogP contribution is 2.35. The Kier molecular flexibility index (Phi) is 13.7. The number of H-pyrrole nitrogens is 1. The van der Waals surface area contributed by atoms with Crippen molar-refractivity contribution in [1.82, 2.24) is 20.6 Å². The van der Waals surface area contributed by atoms with Crippen LogP contribution >= 0.6 is 23.2 Å². The molecule has 0 aliphatic heterocycles. The maximum atomic E-state index is 11.9. The van der Waals surface area contributed by atoms with E-state index in [0.717, 1.165) is 25.7 Å². The van der Waals surface area contributed by atoms with Crippen molar-refractivity contribution < 1.29 is 38.5 Å². The summed E-state index contributed by atoms with van der Waals surface area (Å²) in [5.74, 6) is 0.441. The number of methoxy groups -OCH3 is 2. The molecule has 2 aliphatic rings. The van der Waals surface area contributed by atoms with Gasteiger partial charge in [-0.3, -0.25) is 19.4 Å². The first-order chi connectivity index (χ1) is 29.2. The zero-order chi connectivity index (χ0) is 43.8. The molecule has 0 radical (unpaired) electrons. The van der Waals surface area contributed by atoms with Crippen LogP contribution in [0.2, 0.25) is 10.0 Å². The average Bonchev–Trinajstić information content (AvgIpc) is 4.18. The number of carbonyl (C=O) groups excluding carboxylic acids is 4. The Morgan fingerprint density at radius 1 is 0.721 bits per heavy atom. The molecular formula is C42H40Cl2N8O9. The van der Waals surface area contributed by atoms with Crippen LogP contribution in [-0.2, 0) is 0 Å². The summed E-state index contributed by atoms with van der Waals surface area (Å²) in [5, 5.41) is 21.7. The normalized spacial score (nSPS) is 12.7. The van der Waals surface area contributed by atoms with Gasteiger partial charge in [0, 0.05) is 65.6 Å². The van der Waals surface area contributed by atoms with Gasteiger partial charge in [0.2, 0.25) is 0 Å². The van der Waals surface area contributed by atoms with Gasteiger partial charge in [-0.25, -0.2) is 9.59 Å². The first-order valence-corrected chi connectivity index (χ1v) is 19.3. The Labute approximate surface area is 357 Å². The lowest BCUT2D eigenvalue weighted by Gasteiger charge is -2.13. The van der Waals surface area contributed by atoms with Crippen molar-refractivity contribution in [2.24, 2.45) is 11.5 Å². The third-order valence-corrected chi connectivity index (χ3v) is 9.70. The third kappa shape index (κ3) is 11.5. The summed E-state index contributed by atoms with van der Waals surface area (Å²) in [6.45, 7) is 0. The van der Waals surface area contributed by atoms with Crippen LogP contribution in [0.5, 0.6) is 28.7 Å². The van der Waals surface area contributed by atoms with Gasteiger partial charge in [-0.05, 0) is 68.1 Å². The molecule has 0 spiro atoms. The number of aromatic amines is 1. The summed E-state index contributed by atoms with van der Waals surface area (Å²) >= 11 is 12.1. The highest BCUT2D eigenvalue weighted by molar-refractivity contribution is 6.34. The van der Waals surface area contributed by atoms with E-state index in [1.165, 1.54) is 44.7 Å². The SMILES string of the molecule is COc1cc2[nH]ccc(=O)c2cc1C(N)=O.COc1cc2nccc(Oc3ccc(NC(=O)NC4CC4)c(Cl)c3)c2cc1C(N)=O.O=C(Nc1ccc(O)cc1Cl)NC1CC1. The molecule has 17 nitrogen and oxygen atoms in total. The second-order valence-corrected chi connectivity index (χ2v) is 14.5. The van der Waals surface area contributed by atoms with Crippen LogP contribution in [0.3, 0.4) is 0 Å². The Morgan fingerprint density at radius 3 is 1.82 bits per heavy atom. The number of fused-ring (bicyclic) bond motifs is 2. The van der Waals surface area contributed by atoms with E-state index in [1.54, 1.807) is 54.7 Å². The van der Waals surface area contributed by atoms with Gasteiger partial charge in [0.15, 0.2) is 5.43 Å². The van der Waals surface area contributed by atoms with E-state index in [2.05, 4.69) is 31.2 Å². The van der Waals surface area contributed by atoms with E-state index in [4.69, 9.17) is 54.0 Å². The standard InChI is InChI=1S/C21H19ClN4O4.C11H10N2O3.C10H11ClN2O2/c1-29-19-10-17-13(9-14(19)20(23)27)18(6-7-24-17)30-12-4-5-16(15(22)8-12)26-21(28)25-11-2-3-11;1-16-10-5-8-6(4-7(10)11(12)15)9(14)2-3-13-8;11-8-5-7(14)3-4-9(8)13-10(15)12-6-1-2-6/h4-11H,2-3H2,1H3,(H2,23,27)(H2,25,26,28);2-5H,1H3,(H2,12,15)(H,13,14);3-6,14H,1-2H2,(H2,12,13,15). The highest BCUT2D eigenvalue weighted by atomic mass is 35.5. The lowest BCUT2D eigenvalue weighted by atomic mass is 10.1. The molecule has 6 aromatic rings. The summed E-state index contributed by atoms with van der Waals surface area (Å²) in [7, 11) is 2.89. The number of phenols is 1. The number of urea groups is 2. The molecular weight excluding hydrogens is 831 g/mol. The molecule has 2 aliphatic carbocycles. The number of phenolic OH excluding ortho intramolecular Hbond substituents is 1. The van der Waals surface area contributed by atoms with Crippen LogP contribution in [-0.4, -0.2) is 65.3 Å². The predicted molar refractivity (Wildman–Crippen MR) is 231 cm³/mol. The topological polar surface area (TPSA) is 262 Å². The van der Waals surface area contributed by atoms with Crippen molar-refractivity contribution in [3.8, 4) is 28.7 Å². The number of nitrogens with zero attached hydrogens (tertiary/aromatic N) is 1. The number of carbonyl (C=O) groups is 4. The van der Waals surface area contributed by atoms with Crippen molar-refractivity contribution >= 4 is 80.3 Å². The second kappa shape index (κ2) is 19.2. The smallest absolute Gasteiger partial charge is 0.319 e. The summed E-state index contributed by atoms with van der Waals surface area (Å²) in [4.78, 5) is 64.9. The minimum absolute atomic E-state index is 0.0770. The van der Waals surface area contributed by atoms with Crippen molar-refractivity contribution in [1.29, 1.82) is 0 Å². The van der Waals surface area contributed by atoms with Gasteiger partial charge in [-0.1, -0.05) is 23.2 Å². The fourth-order valence-corrected chi connectivity index (χ4v) is 6.14. The maximum absolute atomic E-state index is 11.9. The number of rotatable bonds is 10. The molecule has 6 amide bonds. The lowest BCUT2D eigenvalue weighted by molar-refractivity contribution is 0.0989. The van der Waals surface area contributed by atoms with E-state index < -0.39 is 11.8 Å². The van der Waals surface area contributed by atoms with E-state index in [-0.39, 0.29) is 40.4 Å². The fraction of sp³-hybridized carbons (Fsp3) is 0.190. The number of hydrogen-bond acceptors (Lipinski definition) is 10. The van der Waals surface area contributed by atoms with Crippen molar-refractivity contribution in [3.05, 3.63) is 117 Å². The number of pyridine rings is 2. The van der Waals surface area contributed by atoms with Crippen molar-refractivity contribution in [2.75, 3.05) is 24.9 Å². The van der Waals surface area contributed by atoms with Gasteiger partial charge in [0.1, 0.15) is 28.7 Å². The predicted octanol–water partition coefficient (Wildman–Crippen LogP) is 7.04. The van der Waals surface area contributed by atoms with E-state index >= 15 is 0 Å². The molecule has 2 aromatic heterocycles. The molecule has 19 heteroatoms. The third-order valence-electron chi connectivity index (χ3n) is 9.07. The number of aromatic hydroxyl groups is 1. The summed E-state index contributed by atoms with van der Waals surface area (Å²) < 4.78 is 16.2. The van der Waals surface area contributed by atoms with Gasteiger partial charge in [0.05, 0.1) is 57.8 Å². The monoisotopic (exact) mass is 870 g/mol. The van der Waals surface area contributed by atoms with Crippen LogP contribution in [0.1, 0.15) is 46.4 Å². The molecule has 10 N–H and O–H groups in total. The molecule has 8 rings (SSSR count). The van der Waals surface area contributed by atoms with E-state index in [0.29, 0.717) is 72.3 Å². The number of primary amides is 2. The number of nitrogens with two attached hydrogens (primary N) is 2. The zero-order valence-corrected chi connectivity index (χ0v) is 34.1. The number of nitrogens with one attached hydrogen (secondary N) is 5. The van der Waals surface area contributed by atoms with Crippen LogP contribution in [0.15, 0.2) is 90.0 Å². The van der Waals surface area contributed by atoms with Crippen LogP contribution < -0.4 is 52.4 Å². The summed E-state index contributed by atoms with van der Waals surface area (Å²) in [6, 6.07) is 18.6. The van der Waals surface area contributed by atoms with Crippen LogP contribution in [0.25, 0.3) is 21.8 Å². The quantitative estimate of drug-likeness (QED) is 0.0651. The largest absolute Gasteiger partial charge is 0.508 e. The number of halogens is 2. The van der Waals surface area contributed by atoms with Crippen LogP contribution in [0, 0.1) is 0 Å². The van der Waals surface area contributed by atoms with Gasteiger partial charge < -0.3 is 57.0 Å². The van der Waals surface area contributed by atoms with Crippen molar-refractivity contribution in [3.63, 3.8) is 0 Å². The molecule has 2 fully saturated rings. The number of aromatic nitrogens is 2. The molecule has 2 heterocycles. The van der Waals surface area contributed by atoms with E-state index in [9.17, 15) is 24.0 Å². The summed E-state index contributed by atoms with van der Waals surface area (Å²) in [6.07, 6.45) is 7.19. The number of amides is 6. The first-order valence-electron chi connectivity index (χ1n) is 18.6. The lowest BCUT2D eigenvalue weighted by Crippen LogP contribution is -2.30. The van der Waals surface area contributed by atoms with Gasteiger partial charge in [-0.2, -0.15) is 0 Å². The summed E-state index contributed by atoms with van der Waals surface area (Å²) in [5.41, 5.74) is 13.1. The molecule has 316 valence electrons. The second-order valence-electron chi connectivity index (χ2n) is 13.7. The minimum Gasteiger partial charge on any atom is -0.508 e. The maximum Gasteiger partial charge on any atom is 0.319 e. The van der Waals surface area contributed by atoms with Gasteiger partial charge in [-0.15, -0.1) is 0 Å². The minimum atomic E-state index is -0.623. The molecule has 61 heavy (non-hydrogen) atoms. The number of ether oxygens (including phenoxy) is 3. The first kappa shape index (κ1) is 43.3. The van der Waals surface area contributed by atoms with Crippen LogP contribution in [0.4, 0.5) is 21.0 Å². The number of benzene rings is 4. The Morgan fingerprint density at radius 2 is 1.28 bits per heavy atom. The number of anilines is 2. The van der Waals surface area contributed by atoms with Crippen molar-refractivity contribution in [2.45, 2.75) is 37.8 Å². The molecule has 0 atom stereocenters. The molecule has 0 unspecified atom stereocenters. The molecule has 4 aromatic carbocycles. The number of hydrogen-bond donors (Lipinski definition) is 8. The zero-order valence-electron chi connectivity index (χ0n) is 32.6. The highest BCUT2D eigenvalue weighted by Gasteiger charge is 2.24.